The van der Waals surface area contributed by atoms with Crippen molar-refractivity contribution >= 4 is 38.6 Å². The van der Waals surface area contributed by atoms with E-state index in [0.717, 1.165) is 10.8 Å². The molecule has 0 spiro atoms. The molecule has 5 heteroatoms. The van der Waals surface area contributed by atoms with Gasteiger partial charge in [-0.25, -0.2) is 0 Å². The zero-order valence-electron chi connectivity index (χ0n) is 13.2. The molecule has 0 radical (unpaired) electrons. The number of phenolic OH excluding ortho intramolecular Hbond substituents is 2. The molecule has 0 bridgehead atoms. The zero-order chi connectivity index (χ0) is 17.4. The van der Waals surface area contributed by atoms with Gasteiger partial charge in [-0.1, -0.05) is 48.5 Å². The average molecular weight is 329 g/mol. The van der Waals surface area contributed by atoms with Crippen LogP contribution in [0.1, 0.15) is 0 Å². The minimum absolute atomic E-state index is 0.0281. The summed E-state index contributed by atoms with van der Waals surface area (Å²) in [6.07, 6.45) is 0. The van der Waals surface area contributed by atoms with Crippen LogP contribution in [-0.4, -0.2) is 10.2 Å². The van der Waals surface area contributed by atoms with Gasteiger partial charge in [0.25, 0.3) is 0 Å². The predicted octanol–water partition coefficient (Wildman–Crippen LogP) is 5.40. The lowest BCUT2D eigenvalue weighted by Gasteiger charge is -2.07. The Morgan fingerprint density at radius 3 is 2.08 bits per heavy atom. The van der Waals surface area contributed by atoms with Gasteiger partial charge in [0.15, 0.2) is 11.5 Å². The molecule has 0 aliphatic heterocycles. The van der Waals surface area contributed by atoms with Crippen molar-refractivity contribution in [2.45, 2.75) is 0 Å². The fourth-order valence-electron chi connectivity index (χ4n) is 2.89. The monoisotopic (exact) mass is 329 g/mol. The van der Waals surface area contributed by atoms with Crippen LogP contribution in [0, 0.1) is 0 Å². The van der Waals surface area contributed by atoms with Crippen molar-refractivity contribution in [2.24, 2.45) is 10.2 Å². The lowest BCUT2D eigenvalue weighted by atomic mass is 10.1. The number of aromatic hydroxyl groups is 2. The fourth-order valence-corrected chi connectivity index (χ4v) is 2.89. The number of anilines is 1. The number of nitrogens with zero attached hydrogens (tertiary/aromatic N) is 2. The van der Waals surface area contributed by atoms with Crippen molar-refractivity contribution in [3.63, 3.8) is 0 Å². The zero-order valence-corrected chi connectivity index (χ0v) is 13.2. The third-order valence-corrected chi connectivity index (χ3v) is 4.17. The molecule has 4 aromatic rings. The highest BCUT2D eigenvalue weighted by atomic mass is 16.3. The molecule has 0 saturated heterocycles. The molecule has 122 valence electrons. The van der Waals surface area contributed by atoms with E-state index in [0.29, 0.717) is 22.1 Å². The van der Waals surface area contributed by atoms with E-state index in [1.807, 2.05) is 48.5 Å². The topological polar surface area (TPSA) is 91.2 Å². The molecular weight excluding hydrogens is 314 g/mol. The van der Waals surface area contributed by atoms with Crippen LogP contribution in [0.3, 0.4) is 0 Å². The van der Waals surface area contributed by atoms with E-state index in [9.17, 15) is 10.2 Å². The van der Waals surface area contributed by atoms with Crippen molar-refractivity contribution in [1.29, 1.82) is 0 Å². The van der Waals surface area contributed by atoms with Crippen molar-refractivity contribution in [3.05, 3.63) is 66.7 Å². The number of fused-ring (bicyclic) bond motifs is 2. The van der Waals surface area contributed by atoms with E-state index in [1.54, 1.807) is 18.2 Å². The van der Waals surface area contributed by atoms with Gasteiger partial charge >= 0.3 is 0 Å². The van der Waals surface area contributed by atoms with Crippen LogP contribution in [0.2, 0.25) is 0 Å². The fraction of sp³-hybridized carbons (Fsp3) is 0. The second-order valence-electron chi connectivity index (χ2n) is 5.73. The molecule has 4 N–H and O–H groups in total. The first-order valence-corrected chi connectivity index (χ1v) is 7.78. The third kappa shape index (κ3) is 2.52. The normalized spacial score (nSPS) is 11.5. The Labute approximate surface area is 143 Å². The molecule has 0 aromatic heterocycles. The van der Waals surface area contributed by atoms with Gasteiger partial charge in [-0.05, 0) is 29.0 Å². The number of rotatable bonds is 2. The summed E-state index contributed by atoms with van der Waals surface area (Å²) in [5.74, 6) is 0.0290. The first kappa shape index (κ1) is 15.0. The maximum absolute atomic E-state index is 10.5. The van der Waals surface area contributed by atoms with Crippen LogP contribution in [0.5, 0.6) is 11.5 Å². The van der Waals surface area contributed by atoms with Crippen LogP contribution in [0.25, 0.3) is 21.5 Å². The molecule has 0 saturated carbocycles. The van der Waals surface area contributed by atoms with E-state index in [1.165, 1.54) is 0 Å². The minimum Gasteiger partial charge on any atom is -0.505 e. The van der Waals surface area contributed by atoms with Crippen molar-refractivity contribution < 1.29 is 10.2 Å². The summed E-state index contributed by atoms with van der Waals surface area (Å²) in [5, 5.41) is 32.0. The lowest BCUT2D eigenvalue weighted by molar-refractivity contribution is 0.480. The lowest BCUT2D eigenvalue weighted by Crippen LogP contribution is -1.86. The summed E-state index contributed by atoms with van der Waals surface area (Å²) in [5.41, 5.74) is 7.04. The van der Waals surface area contributed by atoms with Gasteiger partial charge < -0.3 is 15.9 Å². The Morgan fingerprint density at radius 2 is 1.28 bits per heavy atom. The summed E-state index contributed by atoms with van der Waals surface area (Å²) in [4.78, 5) is 0. The number of benzene rings is 4. The standard InChI is InChI=1S/C20H15N3O2/c21-15-7-3-5-13-9-11-17(20(25)18(13)15)23-22-16-10-8-12-4-1-2-6-14(12)19(16)24/h1-11,24-25H,21H2. The van der Waals surface area contributed by atoms with Gasteiger partial charge in [-0.3, -0.25) is 0 Å². The molecule has 4 rings (SSSR count). The molecule has 0 aliphatic carbocycles. The van der Waals surface area contributed by atoms with Crippen LogP contribution >= 0.6 is 0 Å². The molecule has 5 nitrogen and oxygen atoms in total. The summed E-state index contributed by atoms with van der Waals surface area (Å²) >= 11 is 0. The highest BCUT2D eigenvalue weighted by molar-refractivity contribution is 6.00. The van der Waals surface area contributed by atoms with Gasteiger partial charge in [-0.2, -0.15) is 0 Å². The van der Waals surface area contributed by atoms with E-state index >= 15 is 0 Å². The Bertz CT molecular complexity index is 1140. The second-order valence-corrected chi connectivity index (χ2v) is 5.73. The van der Waals surface area contributed by atoms with E-state index in [4.69, 9.17) is 5.73 Å². The first-order chi connectivity index (χ1) is 12.1. The Morgan fingerprint density at radius 1 is 0.640 bits per heavy atom. The predicted molar refractivity (Wildman–Crippen MR) is 99.8 cm³/mol. The SMILES string of the molecule is Nc1cccc2ccc(N=Nc3ccc4ccccc4c3O)c(O)c12. The largest absolute Gasteiger partial charge is 0.505 e. The molecule has 0 fully saturated rings. The molecule has 25 heavy (non-hydrogen) atoms. The maximum Gasteiger partial charge on any atom is 0.152 e. The Balaban J connectivity index is 1.80. The molecule has 0 aliphatic rings. The maximum atomic E-state index is 10.5. The number of hydrogen-bond donors (Lipinski definition) is 3. The highest BCUT2D eigenvalue weighted by Gasteiger charge is 2.10. The van der Waals surface area contributed by atoms with Gasteiger partial charge in [0, 0.05) is 16.5 Å². The van der Waals surface area contributed by atoms with Crippen molar-refractivity contribution in [1.82, 2.24) is 0 Å². The number of hydrogen-bond acceptors (Lipinski definition) is 5. The smallest absolute Gasteiger partial charge is 0.152 e. The van der Waals surface area contributed by atoms with Gasteiger partial charge in [-0.15, -0.1) is 10.2 Å². The summed E-state index contributed by atoms with van der Waals surface area (Å²) in [7, 11) is 0. The number of azo groups is 1. The molecule has 0 amide bonds. The number of nitrogens with two attached hydrogens (primary N) is 1. The Kier molecular flexibility index (Phi) is 3.47. The van der Waals surface area contributed by atoms with Gasteiger partial charge in [0.2, 0.25) is 0 Å². The van der Waals surface area contributed by atoms with E-state index in [2.05, 4.69) is 10.2 Å². The third-order valence-electron chi connectivity index (χ3n) is 4.17. The van der Waals surface area contributed by atoms with Crippen molar-refractivity contribution in [3.8, 4) is 11.5 Å². The van der Waals surface area contributed by atoms with Gasteiger partial charge in [0.05, 0.1) is 0 Å². The van der Waals surface area contributed by atoms with Crippen LogP contribution in [-0.2, 0) is 0 Å². The molecule has 0 unspecified atom stereocenters. The molecular formula is C20H15N3O2. The first-order valence-electron chi connectivity index (χ1n) is 7.78. The van der Waals surface area contributed by atoms with E-state index < -0.39 is 0 Å². The van der Waals surface area contributed by atoms with Gasteiger partial charge in [0.1, 0.15) is 11.4 Å². The van der Waals surface area contributed by atoms with Crippen molar-refractivity contribution in [2.75, 3.05) is 5.73 Å². The molecule has 0 heterocycles. The van der Waals surface area contributed by atoms with E-state index in [-0.39, 0.29) is 17.2 Å². The molecule has 4 aromatic carbocycles. The average Bonchev–Trinajstić information content (AvgIpc) is 2.63. The second kappa shape index (κ2) is 5.79. The summed E-state index contributed by atoms with van der Waals surface area (Å²) < 4.78 is 0. The van der Waals surface area contributed by atoms with Crippen LogP contribution in [0.4, 0.5) is 17.1 Å². The summed E-state index contributed by atoms with van der Waals surface area (Å²) in [6.45, 7) is 0. The molecule has 0 atom stereocenters. The van der Waals surface area contributed by atoms with Crippen LogP contribution in [0.15, 0.2) is 77.0 Å². The number of phenols is 2. The van der Waals surface area contributed by atoms with Crippen LogP contribution < -0.4 is 5.73 Å². The minimum atomic E-state index is -0.0281. The number of nitrogen functional groups attached to an aromatic ring is 1. The quantitative estimate of drug-likeness (QED) is 0.339. The summed E-state index contributed by atoms with van der Waals surface area (Å²) in [6, 6.07) is 19.9. The highest BCUT2D eigenvalue weighted by Crippen LogP contribution is 2.40. The Hall–Kier alpha value is -3.60.